The van der Waals surface area contributed by atoms with Crippen LogP contribution in [-0.2, 0) is 9.47 Å². The smallest absolute Gasteiger partial charge is 0.252 e. The molecule has 1 aromatic carbocycles. The first-order valence-corrected chi connectivity index (χ1v) is 6.38. The standard InChI is InChI=1S/C12H13BrFNO3/c13-11-2-1-8(14)5-10(11)12(16)15-6-9-7-17-3-4-18-9/h1-2,5,9H,3-4,6-7H2,(H,15,16). The van der Waals surface area contributed by atoms with Crippen molar-refractivity contribution in [1.82, 2.24) is 5.32 Å². The molecule has 1 atom stereocenters. The highest BCUT2D eigenvalue weighted by Gasteiger charge is 2.17. The summed E-state index contributed by atoms with van der Waals surface area (Å²) in [6.07, 6.45) is -0.143. The van der Waals surface area contributed by atoms with Crippen LogP contribution in [0.3, 0.4) is 0 Å². The zero-order valence-corrected chi connectivity index (χ0v) is 11.2. The molecular formula is C12H13BrFNO3. The second kappa shape index (κ2) is 6.26. The van der Waals surface area contributed by atoms with Crippen molar-refractivity contribution in [2.45, 2.75) is 6.10 Å². The molecule has 1 fully saturated rings. The number of ether oxygens (including phenoxy) is 2. The molecule has 1 aliphatic heterocycles. The molecular weight excluding hydrogens is 305 g/mol. The van der Waals surface area contributed by atoms with Gasteiger partial charge in [0.05, 0.1) is 31.5 Å². The van der Waals surface area contributed by atoms with Gasteiger partial charge in [-0.15, -0.1) is 0 Å². The van der Waals surface area contributed by atoms with E-state index in [-0.39, 0.29) is 17.6 Å². The summed E-state index contributed by atoms with van der Waals surface area (Å²) in [7, 11) is 0. The number of nitrogens with one attached hydrogen (secondary N) is 1. The molecule has 1 amide bonds. The molecule has 2 rings (SSSR count). The zero-order chi connectivity index (χ0) is 13.0. The van der Waals surface area contributed by atoms with E-state index >= 15 is 0 Å². The number of hydrogen-bond acceptors (Lipinski definition) is 3. The molecule has 1 saturated heterocycles. The molecule has 0 radical (unpaired) electrons. The summed E-state index contributed by atoms with van der Waals surface area (Å²) in [6, 6.07) is 3.99. The Morgan fingerprint density at radius 1 is 1.50 bits per heavy atom. The predicted octanol–water partition coefficient (Wildman–Crippen LogP) is 1.73. The second-order valence-electron chi connectivity index (χ2n) is 3.90. The molecule has 1 aliphatic rings. The lowest BCUT2D eigenvalue weighted by atomic mass is 10.2. The van der Waals surface area contributed by atoms with Crippen LogP contribution in [0, 0.1) is 5.82 Å². The molecule has 0 bridgehead atoms. The van der Waals surface area contributed by atoms with Gasteiger partial charge in [0.2, 0.25) is 0 Å². The summed E-state index contributed by atoms with van der Waals surface area (Å²) in [5.74, 6) is -0.781. The third-order valence-corrected chi connectivity index (χ3v) is 3.24. The van der Waals surface area contributed by atoms with Gasteiger partial charge in [-0.25, -0.2) is 4.39 Å². The van der Waals surface area contributed by atoms with Crippen molar-refractivity contribution < 1.29 is 18.7 Å². The van der Waals surface area contributed by atoms with Crippen LogP contribution < -0.4 is 5.32 Å². The van der Waals surface area contributed by atoms with Gasteiger partial charge in [0.1, 0.15) is 5.82 Å². The Balaban J connectivity index is 1.92. The van der Waals surface area contributed by atoms with E-state index in [9.17, 15) is 9.18 Å². The fourth-order valence-corrected chi connectivity index (χ4v) is 2.05. The Morgan fingerprint density at radius 2 is 2.33 bits per heavy atom. The molecule has 1 heterocycles. The average molecular weight is 318 g/mol. The Bertz CT molecular complexity index is 435. The van der Waals surface area contributed by atoms with Crippen molar-refractivity contribution in [2.75, 3.05) is 26.4 Å². The van der Waals surface area contributed by atoms with E-state index in [2.05, 4.69) is 21.2 Å². The van der Waals surface area contributed by atoms with Gasteiger partial charge in [0.25, 0.3) is 5.91 Å². The Morgan fingerprint density at radius 3 is 3.06 bits per heavy atom. The van der Waals surface area contributed by atoms with Crippen LogP contribution >= 0.6 is 15.9 Å². The number of rotatable bonds is 3. The van der Waals surface area contributed by atoms with Crippen LogP contribution in [-0.4, -0.2) is 38.4 Å². The van der Waals surface area contributed by atoms with E-state index in [1.54, 1.807) is 0 Å². The predicted molar refractivity (Wildman–Crippen MR) is 67.0 cm³/mol. The molecule has 0 aliphatic carbocycles. The quantitative estimate of drug-likeness (QED) is 0.923. The van der Waals surface area contributed by atoms with Gasteiger partial charge in [0, 0.05) is 11.0 Å². The third kappa shape index (κ3) is 3.51. The largest absolute Gasteiger partial charge is 0.376 e. The summed E-state index contributed by atoms with van der Waals surface area (Å²) in [6.45, 7) is 1.93. The fraction of sp³-hybridized carbons (Fsp3) is 0.417. The summed E-state index contributed by atoms with van der Waals surface area (Å²) in [5, 5.41) is 2.70. The topological polar surface area (TPSA) is 47.6 Å². The van der Waals surface area contributed by atoms with Crippen molar-refractivity contribution in [2.24, 2.45) is 0 Å². The molecule has 18 heavy (non-hydrogen) atoms. The summed E-state index contributed by atoms with van der Waals surface area (Å²) in [5.41, 5.74) is 0.270. The van der Waals surface area contributed by atoms with Crippen molar-refractivity contribution in [1.29, 1.82) is 0 Å². The minimum absolute atomic E-state index is 0.143. The first-order chi connectivity index (χ1) is 8.66. The first-order valence-electron chi connectivity index (χ1n) is 5.59. The van der Waals surface area contributed by atoms with E-state index in [4.69, 9.17) is 9.47 Å². The molecule has 0 saturated carbocycles. The molecule has 1 N–H and O–H groups in total. The maximum atomic E-state index is 13.1. The highest BCUT2D eigenvalue weighted by molar-refractivity contribution is 9.10. The normalized spacial score (nSPS) is 19.6. The second-order valence-corrected chi connectivity index (χ2v) is 4.76. The van der Waals surface area contributed by atoms with Crippen molar-refractivity contribution >= 4 is 21.8 Å². The van der Waals surface area contributed by atoms with Crippen LogP contribution in [0.5, 0.6) is 0 Å². The van der Waals surface area contributed by atoms with Crippen LogP contribution in [0.4, 0.5) is 4.39 Å². The maximum absolute atomic E-state index is 13.1. The Labute approximate surface area is 113 Å². The average Bonchev–Trinajstić information content (AvgIpc) is 2.40. The van der Waals surface area contributed by atoms with Gasteiger partial charge in [-0.3, -0.25) is 4.79 Å². The molecule has 6 heteroatoms. The lowest BCUT2D eigenvalue weighted by molar-refractivity contribution is -0.0855. The molecule has 1 unspecified atom stereocenters. The first kappa shape index (κ1) is 13.5. The fourth-order valence-electron chi connectivity index (χ4n) is 1.63. The van der Waals surface area contributed by atoms with Gasteiger partial charge in [-0.05, 0) is 34.1 Å². The molecule has 98 valence electrons. The van der Waals surface area contributed by atoms with Crippen LogP contribution in [0.2, 0.25) is 0 Å². The Kier molecular flexibility index (Phi) is 4.68. The van der Waals surface area contributed by atoms with E-state index < -0.39 is 5.82 Å². The lowest BCUT2D eigenvalue weighted by Crippen LogP contribution is -2.39. The summed E-state index contributed by atoms with van der Waals surface area (Å²) >= 11 is 3.21. The minimum atomic E-state index is -0.444. The monoisotopic (exact) mass is 317 g/mol. The van der Waals surface area contributed by atoms with Crippen LogP contribution in [0.25, 0.3) is 0 Å². The Hall–Kier alpha value is -0.980. The van der Waals surface area contributed by atoms with Crippen molar-refractivity contribution in [3.63, 3.8) is 0 Å². The van der Waals surface area contributed by atoms with Crippen LogP contribution in [0.15, 0.2) is 22.7 Å². The van der Waals surface area contributed by atoms with Crippen molar-refractivity contribution in [3.8, 4) is 0 Å². The van der Waals surface area contributed by atoms with Gasteiger partial charge < -0.3 is 14.8 Å². The summed E-state index contributed by atoms with van der Waals surface area (Å²) < 4.78 is 24.2. The SMILES string of the molecule is O=C(NCC1COCCO1)c1cc(F)ccc1Br. The highest BCUT2D eigenvalue weighted by atomic mass is 79.9. The number of benzene rings is 1. The molecule has 4 nitrogen and oxygen atoms in total. The number of hydrogen-bond donors (Lipinski definition) is 1. The van der Waals surface area contributed by atoms with Crippen LogP contribution in [0.1, 0.15) is 10.4 Å². The number of amides is 1. The van der Waals surface area contributed by atoms with Gasteiger partial charge in [-0.1, -0.05) is 0 Å². The molecule has 1 aromatic rings. The van der Waals surface area contributed by atoms with E-state index in [1.807, 2.05) is 0 Å². The van der Waals surface area contributed by atoms with Gasteiger partial charge in [0.15, 0.2) is 0 Å². The van der Waals surface area contributed by atoms with Gasteiger partial charge in [-0.2, -0.15) is 0 Å². The van der Waals surface area contributed by atoms with E-state index in [0.717, 1.165) is 0 Å². The zero-order valence-electron chi connectivity index (χ0n) is 9.62. The summed E-state index contributed by atoms with van der Waals surface area (Å²) in [4.78, 5) is 11.9. The minimum Gasteiger partial charge on any atom is -0.376 e. The number of carbonyl (C=O) groups excluding carboxylic acids is 1. The van der Waals surface area contributed by atoms with E-state index in [0.29, 0.717) is 30.8 Å². The number of halogens is 2. The van der Waals surface area contributed by atoms with Gasteiger partial charge >= 0.3 is 0 Å². The molecule has 0 spiro atoms. The maximum Gasteiger partial charge on any atom is 0.252 e. The highest BCUT2D eigenvalue weighted by Crippen LogP contribution is 2.17. The lowest BCUT2D eigenvalue weighted by Gasteiger charge is -2.23. The van der Waals surface area contributed by atoms with E-state index in [1.165, 1.54) is 18.2 Å². The molecule has 0 aromatic heterocycles. The van der Waals surface area contributed by atoms with Crippen molar-refractivity contribution in [3.05, 3.63) is 34.1 Å². The third-order valence-electron chi connectivity index (χ3n) is 2.55. The number of carbonyl (C=O) groups is 1.